The normalized spacial score (nSPS) is 12.9. The molecule has 0 aliphatic rings. The van der Waals surface area contributed by atoms with Gasteiger partial charge in [-0.15, -0.1) is 0 Å². The second-order valence-electron chi connectivity index (χ2n) is 3.00. The van der Waals surface area contributed by atoms with Crippen LogP contribution in [0, 0.1) is 0 Å². The van der Waals surface area contributed by atoms with Crippen molar-refractivity contribution in [2.75, 3.05) is 0 Å². The van der Waals surface area contributed by atoms with Gasteiger partial charge in [0.25, 0.3) is 0 Å². The molecule has 0 aliphatic heterocycles. The van der Waals surface area contributed by atoms with E-state index in [4.69, 9.17) is 10.7 Å². The van der Waals surface area contributed by atoms with Gasteiger partial charge in [-0.1, -0.05) is 24.2 Å². The van der Waals surface area contributed by atoms with Crippen molar-refractivity contribution >= 4 is 10.0 Å². The van der Waals surface area contributed by atoms with Crippen molar-refractivity contribution in [2.45, 2.75) is 17.9 Å². The Morgan fingerprint density at radius 3 is 2.73 bits per heavy atom. The first-order chi connectivity index (χ1) is 6.95. The van der Waals surface area contributed by atoms with E-state index in [1.54, 1.807) is 19.1 Å². The standard InChI is InChI=1S/C8H10N4O2S/c1-6(11-12-9)7-3-2-4-8(5-7)15(10,13)14/h2-6H,1H3,(H2,10,13,14)/t6-/m0/s1. The highest BCUT2D eigenvalue weighted by molar-refractivity contribution is 7.89. The molecule has 0 aromatic heterocycles. The van der Waals surface area contributed by atoms with E-state index in [-0.39, 0.29) is 4.90 Å². The van der Waals surface area contributed by atoms with Gasteiger partial charge < -0.3 is 0 Å². The van der Waals surface area contributed by atoms with Gasteiger partial charge in [-0.05, 0) is 23.2 Å². The van der Waals surface area contributed by atoms with E-state index in [0.717, 1.165) is 0 Å². The molecule has 0 unspecified atom stereocenters. The molecule has 80 valence electrons. The van der Waals surface area contributed by atoms with Crippen molar-refractivity contribution in [2.24, 2.45) is 10.3 Å². The molecule has 0 saturated heterocycles. The van der Waals surface area contributed by atoms with Gasteiger partial charge in [0.05, 0.1) is 10.9 Å². The topological polar surface area (TPSA) is 109 Å². The molecule has 0 spiro atoms. The third kappa shape index (κ3) is 2.95. The van der Waals surface area contributed by atoms with Gasteiger partial charge in [-0.3, -0.25) is 0 Å². The third-order valence-electron chi connectivity index (χ3n) is 1.89. The van der Waals surface area contributed by atoms with Gasteiger partial charge in [0, 0.05) is 4.91 Å². The molecule has 0 bridgehead atoms. The smallest absolute Gasteiger partial charge is 0.225 e. The van der Waals surface area contributed by atoms with E-state index in [1.165, 1.54) is 12.1 Å². The highest BCUT2D eigenvalue weighted by atomic mass is 32.2. The van der Waals surface area contributed by atoms with Crippen LogP contribution in [0.15, 0.2) is 34.3 Å². The fourth-order valence-electron chi connectivity index (χ4n) is 1.10. The molecule has 0 amide bonds. The number of azide groups is 1. The molecule has 15 heavy (non-hydrogen) atoms. The van der Waals surface area contributed by atoms with E-state index in [0.29, 0.717) is 5.56 Å². The maximum Gasteiger partial charge on any atom is 0.238 e. The van der Waals surface area contributed by atoms with E-state index in [2.05, 4.69) is 10.0 Å². The summed E-state index contributed by atoms with van der Waals surface area (Å²) in [6.45, 7) is 1.67. The molecule has 1 aromatic carbocycles. The van der Waals surface area contributed by atoms with Crippen molar-refractivity contribution in [3.63, 3.8) is 0 Å². The van der Waals surface area contributed by atoms with Crippen LogP contribution in [0.2, 0.25) is 0 Å². The van der Waals surface area contributed by atoms with Crippen molar-refractivity contribution in [3.05, 3.63) is 40.3 Å². The Labute approximate surface area is 87.4 Å². The summed E-state index contributed by atoms with van der Waals surface area (Å²) in [5.74, 6) is 0. The molecule has 0 heterocycles. The summed E-state index contributed by atoms with van der Waals surface area (Å²) in [5.41, 5.74) is 8.85. The van der Waals surface area contributed by atoms with Gasteiger partial charge in [-0.25, -0.2) is 13.6 Å². The molecular weight excluding hydrogens is 216 g/mol. The number of primary sulfonamides is 1. The Morgan fingerprint density at radius 1 is 1.53 bits per heavy atom. The zero-order valence-corrected chi connectivity index (χ0v) is 8.85. The van der Waals surface area contributed by atoms with Gasteiger partial charge in [0.15, 0.2) is 0 Å². The zero-order chi connectivity index (χ0) is 11.5. The summed E-state index contributed by atoms with van der Waals surface area (Å²) < 4.78 is 22.1. The molecule has 6 nitrogen and oxygen atoms in total. The summed E-state index contributed by atoms with van der Waals surface area (Å²) in [7, 11) is -3.71. The lowest BCUT2D eigenvalue weighted by Gasteiger charge is -2.06. The first-order valence-electron chi connectivity index (χ1n) is 4.12. The van der Waals surface area contributed by atoms with Gasteiger partial charge >= 0.3 is 0 Å². The van der Waals surface area contributed by atoms with Crippen LogP contribution < -0.4 is 5.14 Å². The Kier molecular flexibility index (Phi) is 3.31. The van der Waals surface area contributed by atoms with E-state index in [1.807, 2.05) is 0 Å². The first-order valence-corrected chi connectivity index (χ1v) is 5.67. The van der Waals surface area contributed by atoms with Gasteiger partial charge in [-0.2, -0.15) is 0 Å². The van der Waals surface area contributed by atoms with Crippen LogP contribution in [0.4, 0.5) is 0 Å². The molecule has 7 heteroatoms. The van der Waals surface area contributed by atoms with Crippen LogP contribution in [0.5, 0.6) is 0 Å². The lowest BCUT2D eigenvalue weighted by molar-refractivity contribution is 0.597. The number of rotatable bonds is 3. The first kappa shape index (κ1) is 11.5. The fourth-order valence-corrected chi connectivity index (χ4v) is 1.66. The largest absolute Gasteiger partial charge is 0.238 e. The molecular formula is C8H10N4O2S. The summed E-state index contributed by atoms with van der Waals surface area (Å²) in [6.07, 6.45) is 0. The van der Waals surface area contributed by atoms with Crippen LogP contribution in [0.3, 0.4) is 0 Å². The molecule has 0 radical (unpaired) electrons. The average molecular weight is 226 g/mol. The maximum atomic E-state index is 11.0. The number of hydrogen-bond acceptors (Lipinski definition) is 3. The fraction of sp³-hybridized carbons (Fsp3) is 0.250. The predicted molar refractivity (Wildman–Crippen MR) is 55.4 cm³/mol. The van der Waals surface area contributed by atoms with Crippen LogP contribution in [0.1, 0.15) is 18.5 Å². The SMILES string of the molecule is C[C@H](N=[N+]=[N-])c1cccc(S(N)(=O)=O)c1. The lowest BCUT2D eigenvalue weighted by atomic mass is 10.1. The minimum absolute atomic E-state index is 0.0139. The Bertz CT molecular complexity index is 505. The van der Waals surface area contributed by atoms with Crippen molar-refractivity contribution in [3.8, 4) is 0 Å². The maximum absolute atomic E-state index is 11.0. The van der Waals surface area contributed by atoms with Crippen LogP contribution in [-0.2, 0) is 10.0 Å². The van der Waals surface area contributed by atoms with Crippen LogP contribution in [0.25, 0.3) is 10.4 Å². The lowest BCUT2D eigenvalue weighted by Crippen LogP contribution is -2.12. The quantitative estimate of drug-likeness (QED) is 0.480. The number of nitrogens with zero attached hydrogens (tertiary/aromatic N) is 3. The summed E-state index contributed by atoms with van der Waals surface area (Å²) in [4.78, 5) is 2.66. The average Bonchev–Trinajstić information content (AvgIpc) is 2.17. The number of benzene rings is 1. The van der Waals surface area contributed by atoms with Crippen molar-refractivity contribution < 1.29 is 8.42 Å². The summed E-state index contributed by atoms with van der Waals surface area (Å²) in [6, 6.07) is 5.60. The number of hydrogen-bond donors (Lipinski definition) is 1. The minimum atomic E-state index is -3.71. The minimum Gasteiger partial charge on any atom is -0.225 e. The zero-order valence-electron chi connectivity index (χ0n) is 8.03. The van der Waals surface area contributed by atoms with Gasteiger partial charge in [0.2, 0.25) is 10.0 Å². The molecule has 0 aliphatic carbocycles. The van der Waals surface area contributed by atoms with Gasteiger partial charge in [0.1, 0.15) is 0 Å². The Morgan fingerprint density at radius 2 is 2.20 bits per heavy atom. The molecule has 1 aromatic rings. The second kappa shape index (κ2) is 4.31. The Hall–Kier alpha value is -1.56. The number of nitrogens with two attached hydrogens (primary N) is 1. The molecule has 1 atom stereocenters. The molecule has 2 N–H and O–H groups in total. The summed E-state index contributed by atoms with van der Waals surface area (Å²) in [5, 5.41) is 8.43. The van der Waals surface area contributed by atoms with Crippen LogP contribution in [-0.4, -0.2) is 8.42 Å². The highest BCUT2D eigenvalue weighted by Gasteiger charge is 2.10. The van der Waals surface area contributed by atoms with E-state index >= 15 is 0 Å². The van der Waals surface area contributed by atoms with Crippen molar-refractivity contribution in [1.29, 1.82) is 0 Å². The Balaban J connectivity index is 3.19. The monoisotopic (exact) mass is 226 g/mol. The molecule has 1 rings (SSSR count). The van der Waals surface area contributed by atoms with Crippen molar-refractivity contribution in [1.82, 2.24) is 0 Å². The molecule has 0 fully saturated rings. The predicted octanol–water partition coefficient (Wildman–Crippen LogP) is 1.71. The molecule has 0 saturated carbocycles. The van der Waals surface area contributed by atoms with Crippen LogP contribution >= 0.6 is 0 Å². The third-order valence-corrected chi connectivity index (χ3v) is 2.80. The van der Waals surface area contributed by atoms with E-state index in [9.17, 15) is 8.42 Å². The second-order valence-corrected chi connectivity index (χ2v) is 4.56. The highest BCUT2D eigenvalue weighted by Crippen LogP contribution is 2.19. The number of sulfonamides is 1. The summed E-state index contributed by atoms with van der Waals surface area (Å²) >= 11 is 0. The van der Waals surface area contributed by atoms with E-state index < -0.39 is 16.1 Å².